The smallest absolute Gasteiger partial charge is 0.341 e. The van der Waals surface area contributed by atoms with Gasteiger partial charge in [-0.25, -0.2) is 4.79 Å². The molecule has 0 aliphatic rings. The average molecular weight is 201 g/mol. The van der Waals surface area contributed by atoms with Crippen LogP contribution in [0.15, 0.2) is 24.3 Å². The highest BCUT2D eigenvalue weighted by atomic mass is 16.5. The molecule has 76 valence electrons. The third-order valence-electron chi connectivity index (χ3n) is 1.50. The van der Waals surface area contributed by atoms with E-state index in [1.807, 2.05) is 0 Å². The second-order valence-electron chi connectivity index (χ2n) is 2.32. The zero-order valence-corrected chi connectivity index (χ0v) is 7.53. The summed E-state index contributed by atoms with van der Waals surface area (Å²) in [7, 11) is 1.12. The SMILES string of the molecule is [2H]C([2H])([2H])C([2H])([2H])C([2H])([2H])Oc1ccccc1C(=O)OC. The molecule has 0 aromatic heterocycles. The third-order valence-corrected chi connectivity index (χ3v) is 1.50. The molecule has 0 saturated heterocycles. The van der Waals surface area contributed by atoms with Crippen molar-refractivity contribution in [3.05, 3.63) is 29.8 Å². The van der Waals surface area contributed by atoms with E-state index < -0.39 is 25.8 Å². The Bertz CT molecular complexity index is 525. The van der Waals surface area contributed by atoms with Gasteiger partial charge >= 0.3 is 5.97 Å². The maximum Gasteiger partial charge on any atom is 0.341 e. The van der Waals surface area contributed by atoms with Gasteiger partial charge in [-0.15, -0.1) is 0 Å². The molecule has 3 nitrogen and oxygen atoms in total. The summed E-state index contributed by atoms with van der Waals surface area (Å²) in [6.07, 6.45) is -3.27. The highest BCUT2D eigenvalue weighted by molar-refractivity contribution is 5.92. The molecule has 0 aliphatic carbocycles. The van der Waals surface area contributed by atoms with Crippen molar-refractivity contribution in [2.75, 3.05) is 13.7 Å². The van der Waals surface area contributed by atoms with Crippen LogP contribution >= 0.6 is 0 Å². The number of benzene rings is 1. The minimum absolute atomic E-state index is 0.134. The molecule has 0 spiro atoms. The first-order valence-corrected chi connectivity index (χ1v) is 3.80. The monoisotopic (exact) mass is 201 g/mol. The summed E-state index contributed by atoms with van der Waals surface area (Å²) < 4.78 is 60.6. The minimum Gasteiger partial charge on any atom is -0.493 e. The van der Waals surface area contributed by atoms with E-state index >= 15 is 0 Å². The van der Waals surface area contributed by atoms with Crippen molar-refractivity contribution >= 4 is 5.97 Å². The van der Waals surface area contributed by atoms with Crippen LogP contribution in [0.2, 0.25) is 0 Å². The van der Waals surface area contributed by atoms with Crippen LogP contribution in [0.4, 0.5) is 0 Å². The molecule has 0 aliphatic heterocycles. The zero-order valence-electron chi connectivity index (χ0n) is 14.5. The molecule has 0 amide bonds. The number of methoxy groups -OCH3 is 1. The minimum atomic E-state index is -3.27. The largest absolute Gasteiger partial charge is 0.493 e. The Morgan fingerprint density at radius 1 is 1.57 bits per heavy atom. The Labute approximate surface area is 93.5 Å². The van der Waals surface area contributed by atoms with Crippen LogP contribution in [0.3, 0.4) is 0 Å². The number of hydrogen-bond donors (Lipinski definition) is 0. The molecule has 1 aromatic carbocycles. The van der Waals surface area contributed by atoms with Crippen molar-refractivity contribution in [1.82, 2.24) is 0 Å². The van der Waals surface area contributed by atoms with Crippen molar-refractivity contribution in [3.8, 4) is 5.75 Å². The molecular weight excluding hydrogens is 180 g/mol. The average Bonchev–Trinajstić information content (AvgIpc) is 2.36. The van der Waals surface area contributed by atoms with Crippen molar-refractivity contribution in [1.29, 1.82) is 0 Å². The van der Waals surface area contributed by atoms with E-state index in [0.717, 1.165) is 7.11 Å². The lowest BCUT2D eigenvalue weighted by Gasteiger charge is -2.08. The second-order valence-corrected chi connectivity index (χ2v) is 2.32. The van der Waals surface area contributed by atoms with E-state index in [2.05, 4.69) is 4.74 Å². The normalized spacial score (nSPS) is 19.9. The first kappa shape index (κ1) is 4.34. The van der Waals surface area contributed by atoms with Crippen molar-refractivity contribution in [3.63, 3.8) is 0 Å². The van der Waals surface area contributed by atoms with Crippen LogP contribution in [0.1, 0.15) is 33.2 Å². The van der Waals surface area contributed by atoms with Crippen LogP contribution in [0, 0.1) is 0 Å². The molecule has 14 heavy (non-hydrogen) atoms. The second kappa shape index (κ2) is 5.27. The van der Waals surface area contributed by atoms with E-state index in [0.29, 0.717) is 0 Å². The first-order chi connectivity index (χ1) is 9.44. The van der Waals surface area contributed by atoms with Crippen LogP contribution in [0.5, 0.6) is 5.75 Å². The van der Waals surface area contributed by atoms with Gasteiger partial charge in [-0.1, -0.05) is 19.0 Å². The zero-order chi connectivity index (χ0) is 16.5. The van der Waals surface area contributed by atoms with Gasteiger partial charge in [0.15, 0.2) is 0 Å². The van der Waals surface area contributed by atoms with E-state index in [1.54, 1.807) is 0 Å². The summed E-state index contributed by atoms with van der Waals surface area (Å²) in [5, 5.41) is 0. The van der Waals surface area contributed by atoms with Crippen LogP contribution < -0.4 is 4.74 Å². The number of esters is 1. The standard InChI is InChI=1S/C11H14O3/c1-3-8-14-10-7-5-4-6-9(10)11(12)13-2/h4-7H,3,8H2,1-2H3/i1D3,3D2,8D2. The fraction of sp³-hybridized carbons (Fsp3) is 0.364. The van der Waals surface area contributed by atoms with Gasteiger partial charge in [0.2, 0.25) is 0 Å². The lowest BCUT2D eigenvalue weighted by Crippen LogP contribution is -2.05. The predicted octanol–water partition coefficient (Wildman–Crippen LogP) is 2.26. The highest BCUT2D eigenvalue weighted by Crippen LogP contribution is 2.18. The summed E-state index contributed by atoms with van der Waals surface area (Å²) >= 11 is 0. The maximum absolute atomic E-state index is 11.5. The first-order valence-electron chi connectivity index (χ1n) is 7.30. The van der Waals surface area contributed by atoms with Crippen molar-refractivity contribution < 1.29 is 23.9 Å². The van der Waals surface area contributed by atoms with Crippen molar-refractivity contribution in [2.45, 2.75) is 13.2 Å². The Hall–Kier alpha value is -1.51. The number of carbonyl (C=O) groups excluding carboxylic acids is 1. The fourth-order valence-corrected chi connectivity index (χ4v) is 0.915. The molecule has 0 atom stereocenters. The van der Waals surface area contributed by atoms with Crippen molar-refractivity contribution in [2.24, 2.45) is 0 Å². The molecule has 0 fully saturated rings. The summed E-state index contributed by atoms with van der Waals surface area (Å²) in [5.74, 6) is -1.11. The topological polar surface area (TPSA) is 35.5 Å². The predicted molar refractivity (Wildman–Crippen MR) is 53.6 cm³/mol. The van der Waals surface area contributed by atoms with E-state index in [-0.39, 0.29) is 11.3 Å². The molecule has 1 rings (SSSR count). The van der Waals surface area contributed by atoms with E-state index in [4.69, 9.17) is 14.3 Å². The van der Waals surface area contributed by atoms with Gasteiger partial charge in [0.1, 0.15) is 11.3 Å². The molecule has 0 heterocycles. The van der Waals surface area contributed by atoms with E-state index in [9.17, 15) is 4.79 Å². The quantitative estimate of drug-likeness (QED) is 0.701. The van der Waals surface area contributed by atoms with Crippen LogP contribution in [-0.4, -0.2) is 19.6 Å². The highest BCUT2D eigenvalue weighted by Gasteiger charge is 2.11. The van der Waals surface area contributed by atoms with Crippen LogP contribution in [0.25, 0.3) is 0 Å². The lowest BCUT2D eigenvalue weighted by atomic mass is 10.2. The molecule has 0 bridgehead atoms. The number of rotatable bonds is 4. The molecular formula is C11H14O3. The summed E-state index contributed by atoms with van der Waals surface area (Å²) in [5.41, 5.74) is -0.134. The van der Waals surface area contributed by atoms with Gasteiger partial charge in [-0.3, -0.25) is 0 Å². The van der Waals surface area contributed by atoms with E-state index in [1.165, 1.54) is 24.3 Å². The summed E-state index contributed by atoms with van der Waals surface area (Å²) in [6.45, 7) is -6.42. The van der Waals surface area contributed by atoms with Gasteiger partial charge in [0.05, 0.1) is 16.4 Å². The Morgan fingerprint density at radius 3 is 3.07 bits per heavy atom. The van der Waals surface area contributed by atoms with Crippen LogP contribution in [-0.2, 0) is 4.74 Å². The Balaban J connectivity index is 3.19. The molecule has 0 radical (unpaired) electrons. The Kier molecular flexibility index (Phi) is 1.63. The van der Waals surface area contributed by atoms with Gasteiger partial charge in [-0.2, -0.15) is 0 Å². The maximum atomic E-state index is 11.5. The molecule has 1 aromatic rings. The molecule has 0 saturated carbocycles. The number of hydrogen-bond acceptors (Lipinski definition) is 3. The number of ether oxygens (including phenoxy) is 2. The van der Waals surface area contributed by atoms with Gasteiger partial charge in [-0.05, 0) is 18.5 Å². The third kappa shape index (κ3) is 2.49. The lowest BCUT2D eigenvalue weighted by molar-refractivity contribution is 0.0596. The van der Waals surface area contributed by atoms with Gasteiger partial charge < -0.3 is 9.47 Å². The number of para-hydroxylation sites is 1. The number of carbonyl (C=O) groups is 1. The summed E-state index contributed by atoms with van der Waals surface area (Å²) in [4.78, 5) is 11.5. The fourth-order valence-electron chi connectivity index (χ4n) is 0.915. The summed E-state index contributed by atoms with van der Waals surface area (Å²) in [6, 6.07) is 5.43. The molecule has 3 heteroatoms. The molecule has 0 unspecified atom stereocenters. The molecule has 0 N–H and O–H groups in total. The van der Waals surface area contributed by atoms with Gasteiger partial charge in [0, 0.05) is 6.85 Å². The van der Waals surface area contributed by atoms with Gasteiger partial charge in [0.25, 0.3) is 0 Å². The Morgan fingerprint density at radius 2 is 2.36 bits per heavy atom.